The first-order valence-electron chi connectivity index (χ1n) is 6.25. The molecule has 0 rings (SSSR count). The van der Waals surface area contributed by atoms with Crippen molar-refractivity contribution in [1.29, 1.82) is 0 Å². The van der Waals surface area contributed by atoms with Crippen molar-refractivity contribution in [3.8, 4) is 0 Å². The lowest BCUT2D eigenvalue weighted by Crippen LogP contribution is -2.38. The molecule has 0 saturated carbocycles. The zero-order valence-electron chi connectivity index (χ0n) is 10.5. The molecule has 4 heteroatoms. The summed E-state index contributed by atoms with van der Waals surface area (Å²) in [6.45, 7) is 5.16. The largest absolute Gasteiger partial charge is 0.394 e. The van der Waals surface area contributed by atoms with Gasteiger partial charge >= 0.3 is 0 Å². The van der Waals surface area contributed by atoms with Gasteiger partial charge < -0.3 is 19.7 Å². The van der Waals surface area contributed by atoms with E-state index in [2.05, 4.69) is 13.8 Å². The van der Waals surface area contributed by atoms with E-state index in [0.29, 0.717) is 13.2 Å². The molecule has 0 saturated heterocycles. The number of aliphatic hydroxyl groups excluding tert-OH is 2. The van der Waals surface area contributed by atoms with Crippen LogP contribution in [0.5, 0.6) is 0 Å². The Balaban J connectivity index is 3.85. The minimum atomic E-state index is -0.409. The van der Waals surface area contributed by atoms with Crippen LogP contribution >= 0.6 is 0 Å². The Morgan fingerprint density at radius 3 is 1.44 bits per heavy atom. The van der Waals surface area contributed by atoms with E-state index in [-0.39, 0.29) is 13.2 Å². The topological polar surface area (TPSA) is 58.9 Å². The molecule has 0 aromatic heterocycles. The monoisotopic (exact) mass is 234 g/mol. The van der Waals surface area contributed by atoms with Gasteiger partial charge in [0.15, 0.2) is 0 Å². The van der Waals surface area contributed by atoms with Crippen molar-refractivity contribution in [3.05, 3.63) is 0 Å². The number of aliphatic hydroxyl groups is 2. The Morgan fingerprint density at radius 1 is 0.812 bits per heavy atom. The van der Waals surface area contributed by atoms with E-state index in [9.17, 15) is 0 Å². The summed E-state index contributed by atoms with van der Waals surface area (Å²) in [4.78, 5) is 0. The molecule has 0 spiro atoms. The van der Waals surface area contributed by atoms with E-state index in [1.807, 2.05) is 0 Å². The predicted octanol–water partition coefficient (Wildman–Crippen LogP) is 1.34. The lowest BCUT2D eigenvalue weighted by atomic mass is 10.2. The van der Waals surface area contributed by atoms with Gasteiger partial charge in [-0.3, -0.25) is 0 Å². The molecule has 0 aliphatic rings. The molecule has 0 radical (unpaired) electrons. The Bertz CT molecular complexity index is 125. The normalized spacial score (nSPS) is 15.0. The van der Waals surface area contributed by atoms with E-state index in [4.69, 9.17) is 19.7 Å². The zero-order chi connectivity index (χ0) is 12.2. The first-order chi connectivity index (χ1) is 7.79. The summed E-state index contributed by atoms with van der Waals surface area (Å²) in [6, 6.07) is 0. The minimum absolute atomic E-state index is 0.110. The molecule has 0 aromatic rings. The van der Waals surface area contributed by atoms with Gasteiger partial charge in [-0.25, -0.2) is 0 Å². The summed E-state index contributed by atoms with van der Waals surface area (Å²) in [7, 11) is 0. The molecule has 0 amide bonds. The second-order valence-electron chi connectivity index (χ2n) is 3.89. The Labute approximate surface area is 98.6 Å². The number of unbranched alkanes of at least 4 members (excludes halogenated alkanes) is 2. The van der Waals surface area contributed by atoms with Crippen LogP contribution in [0.1, 0.15) is 39.5 Å². The smallest absolute Gasteiger partial charge is 0.109 e. The fourth-order valence-corrected chi connectivity index (χ4v) is 1.31. The van der Waals surface area contributed by atoms with Gasteiger partial charge in [0.1, 0.15) is 12.2 Å². The van der Waals surface area contributed by atoms with E-state index < -0.39 is 12.2 Å². The molecule has 0 fully saturated rings. The molecule has 0 aliphatic carbocycles. The van der Waals surface area contributed by atoms with E-state index in [1.165, 1.54) is 0 Å². The maximum atomic E-state index is 9.17. The van der Waals surface area contributed by atoms with Gasteiger partial charge in [0.2, 0.25) is 0 Å². The van der Waals surface area contributed by atoms with Gasteiger partial charge in [0.05, 0.1) is 13.2 Å². The minimum Gasteiger partial charge on any atom is -0.394 e. The van der Waals surface area contributed by atoms with Crippen molar-refractivity contribution in [1.82, 2.24) is 0 Å². The van der Waals surface area contributed by atoms with E-state index in [0.717, 1.165) is 25.7 Å². The first kappa shape index (κ1) is 15.8. The molecule has 4 nitrogen and oxygen atoms in total. The highest BCUT2D eigenvalue weighted by molar-refractivity contribution is 4.69. The maximum Gasteiger partial charge on any atom is 0.109 e. The lowest BCUT2D eigenvalue weighted by molar-refractivity contribution is -0.109. The van der Waals surface area contributed by atoms with Crippen molar-refractivity contribution in [2.75, 3.05) is 26.4 Å². The molecule has 0 heterocycles. The third-order valence-electron chi connectivity index (χ3n) is 2.43. The van der Waals surface area contributed by atoms with Crippen molar-refractivity contribution in [2.24, 2.45) is 0 Å². The first-order valence-corrected chi connectivity index (χ1v) is 6.25. The summed E-state index contributed by atoms with van der Waals surface area (Å²) >= 11 is 0. The highest BCUT2D eigenvalue weighted by atomic mass is 16.6. The number of hydrogen-bond acceptors (Lipinski definition) is 4. The number of hydrogen-bond donors (Lipinski definition) is 2. The Hall–Kier alpha value is -0.160. The van der Waals surface area contributed by atoms with Crippen LogP contribution in [0.15, 0.2) is 0 Å². The van der Waals surface area contributed by atoms with Crippen LogP contribution in [-0.4, -0.2) is 48.8 Å². The van der Waals surface area contributed by atoms with Crippen LogP contribution in [-0.2, 0) is 9.47 Å². The fraction of sp³-hybridized carbons (Fsp3) is 1.00. The highest BCUT2D eigenvalue weighted by Gasteiger charge is 2.21. The van der Waals surface area contributed by atoms with E-state index in [1.54, 1.807) is 0 Å². The molecular formula is C12H26O4. The van der Waals surface area contributed by atoms with Gasteiger partial charge in [-0.15, -0.1) is 0 Å². The summed E-state index contributed by atoms with van der Waals surface area (Å²) in [5, 5.41) is 18.3. The molecule has 98 valence electrons. The molecule has 16 heavy (non-hydrogen) atoms. The summed E-state index contributed by atoms with van der Waals surface area (Å²) in [5.41, 5.74) is 0. The van der Waals surface area contributed by atoms with Crippen molar-refractivity contribution in [2.45, 2.75) is 51.7 Å². The molecule has 0 aliphatic heterocycles. The molecule has 2 N–H and O–H groups in total. The van der Waals surface area contributed by atoms with Gasteiger partial charge in [0.25, 0.3) is 0 Å². The summed E-state index contributed by atoms with van der Waals surface area (Å²) in [6.07, 6.45) is 3.21. The second kappa shape index (κ2) is 11.3. The van der Waals surface area contributed by atoms with Crippen LogP contribution in [0.3, 0.4) is 0 Å². The molecular weight excluding hydrogens is 208 g/mol. The maximum absolute atomic E-state index is 9.17. The SMILES string of the molecule is CCCCO[C@@H](CO)[C@@H](CO)OCCCC. The van der Waals surface area contributed by atoms with Gasteiger partial charge in [-0.05, 0) is 12.8 Å². The average Bonchev–Trinajstić information content (AvgIpc) is 2.31. The number of ether oxygens (including phenoxy) is 2. The average molecular weight is 234 g/mol. The molecule has 2 atom stereocenters. The van der Waals surface area contributed by atoms with Gasteiger partial charge in [-0.1, -0.05) is 26.7 Å². The van der Waals surface area contributed by atoms with E-state index >= 15 is 0 Å². The Kier molecular flexibility index (Phi) is 11.2. The molecule has 0 unspecified atom stereocenters. The van der Waals surface area contributed by atoms with Gasteiger partial charge in [-0.2, -0.15) is 0 Å². The summed E-state index contributed by atoms with van der Waals surface area (Å²) in [5.74, 6) is 0. The molecule has 0 bridgehead atoms. The number of rotatable bonds is 11. The summed E-state index contributed by atoms with van der Waals surface area (Å²) < 4.78 is 11.0. The zero-order valence-corrected chi connectivity index (χ0v) is 10.5. The van der Waals surface area contributed by atoms with Gasteiger partial charge in [0, 0.05) is 13.2 Å². The Morgan fingerprint density at radius 2 is 1.19 bits per heavy atom. The second-order valence-corrected chi connectivity index (χ2v) is 3.89. The van der Waals surface area contributed by atoms with Crippen molar-refractivity contribution < 1.29 is 19.7 Å². The standard InChI is InChI=1S/C12H26O4/c1-3-5-7-15-11(9-13)12(10-14)16-8-6-4-2/h11-14H,3-10H2,1-2H3/t11-,12+. The van der Waals surface area contributed by atoms with Crippen molar-refractivity contribution >= 4 is 0 Å². The predicted molar refractivity (Wildman–Crippen MR) is 63.5 cm³/mol. The highest BCUT2D eigenvalue weighted by Crippen LogP contribution is 2.06. The fourth-order valence-electron chi connectivity index (χ4n) is 1.31. The van der Waals surface area contributed by atoms with Crippen LogP contribution < -0.4 is 0 Å². The van der Waals surface area contributed by atoms with Crippen LogP contribution in [0.25, 0.3) is 0 Å². The lowest BCUT2D eigenvalue weighted by Gasteiger charge is -2.24. The van der Waals surface area contributed by atoms with Crippen LogP contribution in [0.4, 0.5) is 0 Å². The van der Waals surface area contributed by atoms with Crippen LogP contribution in [0.2, 0.25) is 0 Å². The third kappa shape index (κ3) is 7.17. The quantitative estimate of drug-likeness (QED) is 0.530. The molecule has 0 aromatic carbocycles. The third-order valence-corrected chi connectivity index (χ3v) is 2.43. The van der Waals surface area contributed by atoms with Crippen LogP contribution in [0, 0.1) is 0 Å². The van der Waals surface area contributed by atoms with Crippen molar-refractivity contribution in [3.63, 3.8) is 0 Å².